The number of benzene rings is 2. The van der Waals surface area contributed by atoms with Crippen molar-refractivity contribution in [1.82, 2.24) is 5.32 Å². The van der Waals surface area contributed by atoms with E-state index in [-0.39, 0.29) is 0 Å². The Bertz CT molecular complexity index is 546. The highest BCUT2D eigenvalue weighted by Crippen LogP contribution is 2.21. The quantitative estimate of drug-likeness (QED) is 0.824. The van der Waals surface area contributed by atoms with Crippen LogP contribution in [-0.2, 0) is 6.61 Å². The van der Waals surface area contributed by atoms with E-state index in [4.69, 9.17) is 4.74 Å². The molecule has 21 heavy (non-hydrogen) atoms. The molecule has 1 fully saturated rings. The first-order chi connectivity index (χ1) is 10.3. The average molecular weight is 281 g/mol. The van der Waals surface area contributed by atoms with Crippen molar-refractivity contribution in [3.63, 3.8) is 0 Å². The van der Waals surface area contributed by atoms with Crippen LogP contribution in [0, 0.1) is 0 Å². The molecule has 1 N–H and O–H groups in total. The Morgan fingerprint density at radius 2 is 1.76 bits per heavy atom. The molecule has 3 rings (SSSR count). The van der Waals surface area contributed by atoms with Gasteiger partial charge in [-0.3, -0.25) is 0 Å². The largest absolute Gasteiger partial charge is 0.489 e. The van der Waals surface area contributed by atoms with Gasteiger partial charge in [0.25, 0.3) is 0 Å². The minimum absolute atomic E-state index is 0.565. The van der Waals surface area contributed by atoms with E-state index in [2.05, 4.69) is 36.5 Å². The maximum Gasteiger partial charge on any atom is 0.119 e. The molecule has 0 radical (unpaired) electrons. The fraction of sp³-hybridized carbons (Fsp3) is 0.368. The monoisotopic (exact) mass is 281 g/mol. The third-order valence-corrected chi connectivity index (χ3v) is 3.99. The highest BCUT2D eigenvalue weighted by Gasteiger charge is 2.21. The molecule has 0 amide bonds. The number of ether oxygens (including phenoxy) is 1. The van der Waals surface area contributed by atoms with Crippen LogP contribution in [0.25, 0.3) is 0 Å². The van der Waals surface area contributed by atoms with E-state index in [1.165, 1.54) is 24.0 Å². The van der Waals surface area contributed by atoms with E-state index in [0.717, 1.165) is 18.3 Å². The lowest BCUT2D eigenvalue weighted by molar-refractivity contribution is 0.306. The van der Waals surface area contributed by atoms with Gasteiger partial charge in [-0.15, -0.1) is 0 Å². The van der Waals surface area contributed by atoms with Crippen molar-refractivity contribution >= 4 is 0 Å². The normalized spacial score (nSPS) is 15.7. The molecule has 0 saturated heterocycles. The van der Waals surface area contributed by atoms with Crippen molar-refractivity contribution in [1.29, 1.82) is 0 Å². The second-order valence-electron chi connectivity index (χ2n) is 5.93. The minimum atomic E-state index is 0.565. The molecule has 1 unspecified atom stereocenters. The van der Waals surface area contributed by atoms with Gasteiger partial charge in [-0.05, 0) is 42.0 Å². The highest BCUT2D eigenvalue weighted by atomic mass is 16.5. The molecule has 2 aromatic carbocycles. The van der Waals surface area contributed by atoms with Crippen LogP contribution in [0.3, 0.4) is 0 Å². The number of para-hydroxylation sites is 1. The van der Waals surface area contributed by atoms with Crippen LogP contribution in [0.1, 0.15) is 36.8 Å². The first-order valence-corrected chi connectivity index (χ1v) is 7.81. The molecule has 1 aliphatic rings. The lowest BCUT2D eigenvalue weighted by Gasteiger charge is -2.13. The molecular formula is C19H23NO. The lowest BCUT2D eigenvalue weighted by atomic mass is 10.00. The molecule has 0 aliphatic heterocycles. The van der Waals surface area contributed by atoms with E-state index < -0.39 is 0 Å². The van der Waals surface area contributed by atoms with Gasteiger partial charge in [0, 0.05) is 12.6 Å². The summed E-state index contributed by atoms with van der Waals surface area (Å²) >= 11 is 0. The lowest BCUT2D eigenvalue weighted by Crippen LogP contribution is -2.22. The van der Waals surface area contributed by atoms with E-state index in [0.29, 0.717) is 12.5 Å². The summed E-state index contributed by atoms with van der Waals surface area (Å²) in [5.74, 6) is 1.48. The first kappa shape index (κ1) is 14.2. The number of nitrogens with one attached hydrogen (secondary N) is 1. The zero-order chi connectivity index (χ0) is 14.5. The smallest absolute Gasteiger partial charge is 0.119 e. The zero-order valence-corrected chi connectivity index (χ0v) is 12.6. The number of hydrogen-bond acceptors (Lipinski definition) is 2. The Morgan fingerprint density at radius 1 is 1.05 bits per heavy atom. The maximum atomic E-state index is 5.77. The topological polar surface area (TPSA) is 21.3 Å². The number of hydrogen-bond donors (Lipinski definition) is 1. The van der Waals surface area contributed by atoms with Gasteiger partial charge >= 0.3 is 0 Å². The standard InChI is InChI=1S/C19H23NO/c1-15(13-20-18-11-12-18)17-9-7-16(8-10-17)14-21-19-5-3-2-4-6-19/h2-10,15,18,20H,11-14H2,1H3. The predicted octanol–water partition coefficient (Wildman–Crippen LogP) is 4.12. The Hall–Kier alpha value is -1.80. The Balaban J connectivity index is 1.51. The van der Waals surface area contributed by atoms with Gasteiger partial charge in [-0.25, -0.2) is 0 Å². The zero-order valence-electron chi connectivity index (χ0n) is 12.6. The van der Waals surface area contributed by atoms with Gasteiger partial charge in [-0.2, -0.15) is 0 Å². The fourth-order valence-electron chi connectivity index (χ4n) is 2.37. The van der Waals surface area contributed by atoms with Crippen LogP contribution in [0.2, 0.25) is 0 Å². The fourth-order valence-corrected chi connectivity index (χ4v) is 2.37. The summed E-state index contributed by atoms with van der Waals surface area (Å²) in [7, 11) is 0. The Morgan fingerprint density at radius 3 is 2.43 bits per heavy atom. The summed E-state index contributed by atoms with van der Waals surface area (Å²) in [6, 6.07) is 19.5. The van der Waals surface area contributed by atoms with Crippen molar-refractivity contribution < 1.29 is 4.74 Å². The van der Waals surface area contributed by atoms with E-state index in [9.17, 15) is 0 Å². The molecule has 0 heterocycles. The van der Waals surface area contributed by atoms with Crippen LogP contribution < -0.4 is 10.1 Å². The molecule has 0 aromatic heterocycles. The van der Waals surface area contributed by atoms with Crippen LogP contribution in [0.4, 0.5) is 0 Å². The SMILES string of the molecule is CC(CNC1CC1)c1ccc(COc2ccccc2)cc1. The third-order valence-electron chi connectivity index (χ3n) is 3.99. The van der Waals surface area contributed by atoms with Crippen LogP contribution in [-0.4, -0.2) is 12.6 Å². The van der Waals surface area contributed by atoms with Gasteiger partial charge in [0.2, 0.25) is 0 Å². The van der Waals surface area contributed by atoms with E-state index in [1.807, 2.05) is 30.3 Å². The molecule has 1 saturated carbocycles. The molecule has 2 aromatic rings. The summed E-state index contributed by atoms with van der Waals surface area (Å²) in [5.41, 5.74) is 2.61. The van der Waals surface area contributed by atoms with Gasteiger partial charge in [0.1, 0.15) is 12.4 Å². The second-order valence-corrected chi connectivity index (χ2v) is 5.93. The summed E-state index contributed by atoms with van der Waals surface area (Å²) in [5, 5.41) is 3.59. The Labute approximate surface area is 127 Å². The second kappa shape index (κ2) is 6.77. The molecule has 110 valence electrons. The Kier molecular flexibility index (Phi) is 4.56. The van der Waals surface area contributed by atoms with Gasteiger partial charge in [-0.1, -0.05) is 49.4 Å². The average Bonchev–Trinajstić information content (AvgIpc) is 3.36. The molecule has 0 spiro atoms. The van der Waals surface area contributed by atoms with E-state index in [1.54, 1.807) is 0 Å². The molecular weight excluding hydrogens is 258 g/mol. The van der Waals surface area contributed by atoms with E-state index >= 15 is 0 Å². The van der Waals surface area contributed by atoms with Gasteiger partial charge < -0.3 is 10.1 Å². The van der Waals surface area contributed by atoms with Gasteiger partial charge in [0.05, 0.1) is 0 Å². The van der Waals surface area contributed by atoms with Crippen molar-refractivity contribution in [2.45, 2.75) is 38.3 Å². The summed E-state index contributed by atoms with van der Waals surface area (Å²) in [6.07, 6.45) is 2.70. The van der Waals surface area contributed by atoms with Crippen LogP contribution in [0.5, 0.6) is 5.75 Å². The maximum absolute atomic E-state index is 5.77. The molecule has 2 heteroatoms. The predicted molar refractivity (Wildman–Crippen MR) is 86.7 cm³/mol. The number of rotatable bonds is 7. The third kappa shape index (κ3) is 4.33. The molecule has 0 bridgehead atoms. The highest BCUT2D eigenvalue weighted by molar-refractivity contribution is 5.26. The summed E-state index contributed by atoms with van der Waals surface area (Å²) in [4.78, 5) is 0. The molecule has 1 atom stereocenters. The van der Waals surface area contributed by atoms with Gasteiger partial charge in [0.15, 0.2) is 0 Å². The first-order valence-electron chi connectivity index (χ1n) is 7.81. The molecule has 1 aliphatic carbocycles. The van der Waals surface area contributed by atoms with Crippen molar-refractivity contribution in [3.05, 3.63) is 65.7 Å². The van der Waals surface area contributed by atoms with Crippen LogP contribution >= 0.6 is 0 Å². The van der Waals surface area contributed by atoms with Crippen molar-refractivity contribution in [2.75, 3.05) is 6.54 Å². The van der Waals surface area contributed by atoms with Crippen LogP contribution in [0.15, 0.2) is 54.6 Å². The summed E-state index contributed by atoms with van der Waals surface area (Å²) < 4.78 is 5.77. The minimum Gasteiger partial charge on any atom is -0.489 e. The molecule has 2 nitrogen and oxygen atoms in total. The van der Waals surface area contributed by atoms with Crippen molar-refractivity contribution in [3.8, 4) is 5.75 Å². The van der Waals surface area contributed by atoms with Crippen molar-refractivity contribution in [2.24, 2.45) is 0 Å². The summed E-state index contributed by atoms with van der Waals surface area (Å²) in [6.45, 7) is 3.98.